The van der Waals surface area contributed by atoms with Gasteiger partial charge >= 0.3 is 0 Å². The van der Waals surface area contributed by atoms with Crippen molar-refractivity contribution >= 4 is 15.7 Å². The van der Waals surface area contributed by atoms with E-state index in [-0.39, 0.29) is 6.04 Å². The zero-order chi connectivity index (χ0) is 15.3. The average Bonchev–Trinajstić information content (AvgIpc) is 2.49. The summed E-state index contributed by atoms with van der Waals surface area (Å²) in [5.74, 6) is 0. The summed E-state index contributed by atoms with van der Waals surface area (Å²) in [5.41, 5.74) is 0.703. The van der Waals surface area contributed by atoms with Crippen molar-refractivity contribution in [3.8, 4) is 0 Å². The van der Waals surface area contributed by atoms with Gasteiger partial charge in [-0.2, -0.15) is 4.31 Å². The van der Waals surface area contributed by atoms with Gasteiger partial charge in [0.15, 0.2) is 0 Å². The molecule has 1 saturated carbocycles. The van der Waals surface area contributed by atoms with E-state index in [0.29, 0.717) is 23.7 Å². The maximum absolute atomic E-state index is 13.0. The van der Waals surface area contributed by atoms with Gasteiger partial charge in [-0.05, 0) is 31.9 Å². The molecule has 4 nitrogen and oxygen atoms in total. The molecule has 1 aromatic carbocycles. The minimum atomic E-state index is -3.43. The maximum Gasteiger partial charge on any atom is 0.245 e. The molecule has 1 aliphatic rings. The SMILES string of the molecule is CCNc1ccccc1S(=O)(=O)N(CC)C1CCCCC1. The smallest absolute Gasteiger partial charge is 0.245 e. The Kier molecular flexibility index (Phi) is 5.65. The van der Waals surface area contributed by atoms with Crippen LogP contribution in [0.2, 0.25) is 0 Å². The summed E-state index contributed by atoms with van der Waals surface area (Å²) in [5, 5.41) is 3.16. The van der Waals surface area contributed by atoms with Crippen molar-refractivity contribution in [3.63, 3.8) is 0 Å². The van der Waals surface area contributed by atoms with Gasteiger partial charge in [0.05, 0.1) is 5.69 Å². The van der Waals surface area contributed by atoms with Crippen LogP contribution in [0.3, 0.4) is 0 Å². The summed E-state index contributed by atoms with van der Waals surface area (Å²) >= 11 is 0. The van der Waals surface area contributed by atoms with E-state index in [9.17, 15) is 8.42 Å². The van der Waals surface area contributed by atoms with Gasteiger partial charge in [-0.3, -0.25) is 0 Å². The fourth-order valence-corrected chi connectivity index (χ4v) is 5.01. The number of sulfonamides is 1. The molecule has 0 aliphatic heterocycles. The minimum absolute atomic E-state index is 0.156. The number of anilines is 1. The van der Waals surface area contributed by atoms with E-state index in [1.54, 1.807) is 16.4 Å². The van der Waals surface area contributed by atoms with Crippen LogP contribution in [0.5, 0.6) is 0 Å². The lowest BCUT2D eigenvalue weighted by Gasteiger charge is -2.33. The van der Waals surface area contributed by atoms with E-state index >= 15 is 0 Å². The zero-order valence-electron chi connectivity index (χ0n) is 13.0. The van der Waals surface area contributed by atoms with Gasteiger partial charge in [0.2, 0.25) is 10.0 Å². The summed E-state index contributed by atoms with van der Waals surface area (Å²) in [6.45, 7) is 5.15. The second kappa shape index (κ2) is 7.27. The Morgan fingerprint density at radius 3 is 2.43 bits per heavy atom. The summed E-state index contributed by atoms with van der Waals surface area (Å²) in [7, 11) is -3.43. The number of nitrogens with one attached hydrogen (secondary N) is 1. The van der Waals surface area contributed by atoms with Gasteiger partial charge in [0, 0.05) is 19.1 Å². The lowest BCUT2D eigenvalue weighted by atomic mass is 9.95. The highest BCUT2D eigenvalue weighted by Crippen LogP contribution is 2.30. The molecule has 0 amide bonds. The molecule has 1 fully saturated rings. The largest absolute Gasteiger partial charge is 0.384 e. The Labute approximate surface area is 128 Å². The van der Waals surface area contributed by atoms with E-state index in [1.807, 2.05) is 26.0 Å². The van der Waals surface area contributed by atoms with Crippen molar-refractivity contribution < 1.29 is 8.42 Å². The first kappa shape index (κ1) is 16.3. The van der Waals surface area contributed by atoms with Crippen molar-refractivity contribution in [3.05, 3.63) is 24.3 Å². The zero-order valence-corrected chi connectivity index (χ0v) is 13.8. The predicted molar refractivity (Wildman–Crippen MR) is 87.0 cm³/mol. The van der Waals surface area contributed by atoms with E-state index in [1.165, 1.54) is 6.42 Å². The predicted octanol–water partition coefficient (Wildman–Crippen LogP) is 3.46. The van der Waals surface area contributed by atoms with Crippen LogP contribution < -0.4 is 5.32 Å². The molecular formula is C16H26N2O2S. The molecule has 0 bridgehead atoms. The summed E-state index contributed by atoms with van der Waals surface area (Å²) in [4.78, 5) is 0.402. The first-order chi connectivity index (χ1) is 10.1. The van der Waals surface area contributed by atoms with Gasteiger partial charge in [0.25, 0.3) is 0 Å². The Bertz CT molecular complexity index is 551. The van der Waals surface area contributed by atoms with Crippen LogP contribution in [-0.2, 0) is 10.0 Å². The van der Waals surface area contributed by atoms with Crippen LogP contribution in [0.1, 0.15) is 46.0 Å². The summed E-state index contributed by atoms with van der Waals surface area (Å²) in [6, 6.07) is 7.36. The van der Waals surface area contributed by atoms with Crippen LogP contribution in [0.4, 0.5) is 5.69 Å². The van der Waals surface area contributed by atoms with Gasteiger partial charge < -0.3 is 5.32 Å². The molecule has 1 aromatic rings. The fourth-order valence-electron chi connectivity index (χ4n) is 3.15. The molecular weight excluding hydrogens is 284 g/mol. The van der Waals surface area contributed by atoms with Crippen molar-refractivity contribution in [2.45, 2.75) is 56.9 Å². The second-order valence-corrected chi connectivity index (χ2v) is 7.39. The Morgan fingerprint density at radius 2 is 1.81 bits per heavy atom. The van der Waals surface area contributed by atoms with E-state index in [0.717, 1.165) is 25.7 Å². The Hall–Kier alpha value is -1.07. The lowest BCUT2D eigenvalue weighted by molar-refractivity contribution is 0.261. The summed E-state index contributed by atoms with van der Waals surface area (Å²) in [6.07, 6.45) is 5.45. The molecule has 1 N–H and O–H groups in total. The third-order valence-electron chi connectivity index (χ3n) is 4.13. The fraction of sp³-hybridized carbons (Fsp3) is 0.625. The molecule has 0 spiro atoms. The topological polar surface area (TPSA) is 49.4 Å². The van der Waals surface area contributed by atoms with E-state index in [4.69, 9.17) is 0 Å². The van der Waals surface area contributed by atoms with Crippen LogP contribution in [0, 0.1) is 0 Å². The first-order valence-corrected chi connectivity index (χ1v) is 9.40. The molecule has 2 rings (SSSR count). The molecule has 118 valence electrons. The first-order valence-electron chi connectivity index (χ1n) is 7.96. The molecule has 0 saturated heterocycles. The standard InChI is InChI=1S/C16H26N2O2S/c1-3-17-15-12-8-9-13-16(15)21(19,20)18(4-2)14-10-6-5-7-11-14/h8-9,12-14,17H,3-7,10-11H2,1-2H3. The van der Waals surface area contributed by atoms with Crippen molar-refractivity contribution in [1.82, 2.24) is 4.31 Å². The molecule has 21 heavy (non-hydrogen) atoms. The summed E-state index contributed by atoms with van der Waals surface area (Å²) < 4.78 is 27.8. The van der Waals surface area contributed by atoms with Crippen LogP contribution in [0.25, 0.3) is 0 Å². The molecule has 0 radical (unpaired) electrons. The van der Waals surface area contributed by atoms with E-state index in [2.05, 4.69) is 5.32 Å². The lowest BCUT2D eigenvalue weighted by Crippen LogP contribution is -2.41. The number of rotatable bonds is 6. The van der Waals surface area contributed by atoms with Gasteiger partial charge in [0.1, 0.15) is 4.90 Å². The Balaban J connectivity index is 2.34. The van der Waals surface area contributed by atoms with Crippen LogP contribution >= 0.6 is 0 Å². The number of para-hydroxylation sites is 1. The van der Waals surface area contributed by atoms with Gasteiger partial charge in [-0.1, -0.05) is 38.3 Å². The van der Waals surface area contributed by atoms with Crippen molar-refractivity contribution in [2.24, 2.45) is 0 Å². The highest BCUT2D eigenvalue weighted by Gasteiger charge is 2.32. The van der Waals surface area contributed by atoms with Crippen molar-refractivity contribution in [2.75, 3.05) is 18.4 Å². The van der Waals surface area contributed by atoms with Gasteiger partial charge in [-0.25, -0.2) is 8.42 Å². The monoisotopic (exact) mass is 310 g/mol. The van der Waals surface area contributed by atoms with Gasteiger partial charge in [-0.15, -0.1) is 0 Å². The number of benzene rings is 1. The van der Waals surface area contributed by atoms with Crippen LogP contribution in [0.15, 0.2) is 29.2 Å². The molecule has 1 aliphatic carbocycles. The molecule has 5 heteroatoms. The van der Waals surface area contributed by atoms with Crippen molar-refractivity contribution in [1.29, 1.82) is 0 Å². The number of hydrogen-bond acceptors (Lipinski definition) is 3. The maximum atomic E-state index is 13.0. The third-order valence-corrected chi connectivity index (χ3v) is 6.22. The third kappa shape index (κ3) is 3.58. The Morgan fingerprint density at radius 1 is 1.14 bits per heavy atom. The highest BCUT2D eigenvalue weighted by molar-refractivity contribution is 7.89. The normalized spacial score (nSPS) is 17.1. The second-order valence-electron chi connectivity index (χ2n) is 5.53. The average molecular weight is 310 g/mol. The van der Waals surface area contributed by atoms with E-state index < -0.39 is 10.0 Å². The number of nitrogens with zero attached hydrogens (tertiary/aromatic N) is 1. The number of hydrogen-bond donors (Lipinski definition) is 1. The molecule has 0 heterocycles. The quantitative estimate of drug-likeness (QED) is 0.875. The molecule has 0 unspecified atom stereocenters. The highest BCUT2D eigenvalue weighted by atomic mass is 32.2. The van der Waals surface area contributed by atoms with Crippen LogP contribution in [-0.4, -0.2) is 31.9 Å². The molecule has 0 atom stereocenters. The minimum Gasteiger partial charge on any atom is -0.384 e. The molecule has 0 aromatic heterocycles.